The van der Waals surface area contributed by atoms with Crippen LogP contribution in [0.15, 0.2) is 24.3 Å². The van der Waals surface area contributed by atoms with Crippen LogP contribution in [0.25, 0.3) is 0 Å². The number of likely N-dealkylation sites (tertiary alicyclic amines) is 1. The molecular formula is C18H26N4O2. The van der Waals surface area contributed by atoms with Gasteiger partial charge in [0.2, 0.25) is 0 Å². The second-order valence-corrected chi connectivity index (χ2v) is 6.29. The second-order valence-electron chi connectivity index (χ2n) is 6.29. The highest BCUT2D eigenvalue weighted by atomic mass is 16.5. The fourth-order valence-electron chi connectivity index (χ4n) is 3.06. The molecule has 6 heteroatoms. The number of nitrogens with one attached hydrogen (secondary N) is 1. The number of piperidine rings is 1. The monoisotopic (exact) mass is 330 g/mol. The van der Waals surface area contributed by atoms with Crippen LogP contribution in [0.3, 0.4) is 0 Å². The van der Waals surface area contributed by atoms with Crippen LogP contribution in [0, 0.1) is 0 Å². The second kappa shape index (κ2) is 8.80. The van der Waals surface area contributed by atoms with Crippen molar-refractivity contribution in [2.75, 3.05) is 19.7 Å². The molecule has 1 aliphatic rings. The predicted molar refractivity (Wildman–Crippen MR) is 91.7 cm³/mol. The van der Waals surface area contributed by atoms with Crippen LogP contribution in [0.1, 0.15) is 42.9 Å². The Morgan fingerprint density at radius 2 is 2.08 bits per heavy atom. The van der Waals surface area contributed by atoms with Crippen LogP contribution in [0.5, 0.6) is 5.75 Å². The summed E-state index contributed by atoms with van der Waals surface area (Å²) in [5.41, 5.74) is 1.32. The molecule has 2 N–H and O–H groups in total. The van der Waals surface area contributed by atoms with Gasteiger partial charge in [0.05, 0.1) is 6.61 Å². The molecule has 2 aromatic rings. The summed E-state index contributed by atoms with van der Waals surface area (Å²) < 4.78 is 5.86. The fraction of sp³-hybridized carbons (Fsp3) is 0.556. The van der Waals surface area contributed by atoms with E-state index >= 15 is 0 Å². The lowest BCUT2D eigenvalue weighted by atomic mass is 10.1. The Balaban J connectivity index is 1.42. The first-order valence-electron chi connectivity index (χ1n) is 8.78. The number of hydrogen-bond donors (Lipinski definition) is 2. The molecule has 0 aliphatic carbocycles. The molecule has 1 aliphatic heterocycles. The van der Waals surface area contributed by atoms with Crippen LogP contribution < -0.4 is 4.74 Å². The molecule has 2 heterocycles. The lowest BCUT2D eigenvalue weighted by Crippen LogP contribution is -2.29. The lowest BCUT2D eigenvalue weighted by Gasteiger charge is -2.26. The first kappa shape index (κ1) is 16.9. The molecule has 0 spiro atoms. The third kappa shape index (κ3) is 5.04. The van der Waals surface area contributed by atoms with E-state index in [1.165, 1.54) is 37.9 Å². The zero-order valence-corrected chi connectivity index (χ0v) is 14.1. The van der Waals surface area contributed by atoms with E-state index in [0.717, 1.165) is 31.0 Å². The van der Waals surface area contributed by atoms with Crippen molar-refractivity contribution < 1.29 is 9.84 Å². The van der Waals surface area contributed by atoms with Crippen molar-refractivity contribution in [3.8, 4) is 5.75 Å². The Kier molecular flexibility index (Phi) is 6.20. The van der Waals surface area contributed by atoms with Crippen LogP contribution in [0.2, 0.25) is 0 Å². The van der Waals surface area contributed by atoms with Crippen molar-refractivity contribution in [2.45, 2.75) is 45.3 Å². The summed E-state index contributed by atoms with van der Waals surface area (Å²) in [5.74, 6) is 2.16. The largest absolute Gasteiger partial charge is 0.494 e. The van der Waals surface area contributed by atoms with Gasteiger partial charge in [0, 0.05) is 13.0 Å². The summed E-state index contributed by atoms with van der Waals surface area (Å²) in [6.45, 7) is 3.94. The molecule has 0 radical (unpaired) electrons. The Morgan fingerprint density at radius 3 is 2.88 bits per heavy atom. The molecule has 0 atom stereocenters. The van der Waals surface area contributed by atoms with Gasteiger partial charge in [-0.05, 0) is 50.0 Å². The summed E-state index contributed by atoms with van der Waals surface area (Å²) in [6, 6.07) is 8.40. The van der Waals surface area contributed by atoms with Crippen molar-refractivity contribution in [1.82, 2.24) is 20.1 Å². The van der Waals surface area contributed by atoms with Gasteiger partial charge in [-0.3, -0.25) is 10.00 Å². The Hall–Kier alpha value is -1.92. The van der Waals surface area contributed by atoms with E-state index in [2.05, 4.69) is 38.3 Å². The molecule has 130 valence electrons. The van der Waals surface area contributed by atoms with Gasteiger partial charge in [-0.1, -0.05) is 18.6 Å². The number of H-pyrrole nitrogens is 1. The van der Waals surface area contributed by atoms with E-state index in [-0.39, 0.29) is 6.61 Å². The topological polar surface area (TPSA) is 74.3 Å². The van der Waals surface area contributed by atoms with Gasteiger partial charge in [-0.2, -0.15) is 5.10 Å². The van der Waals surface area contributed by atoms with Gasteiger partial charge in [0.25, 0.3) is 0 Å². The number of aromatic amines is 1. The summed E-state index contributed by atoms with van der Waals surface area (Å²) in [7, 11) is 0. The number of rotatable bonds is 8. The maximum atomic E-state index is 8.94. The summed E-state index contributed by atoms with van der Waals surface area (Å²) in [4.78, 5) is 6.69. The van der Waals surface area contributed by atoms with Crippen LogP contribution in [-0.4, -0.2) is 44.9 Å². The smallest absolute Gasteiger partial charge is 0.176 e. The lowest BCUT2D eigenvalue weighted by molar-refractivity contribution is 0.220. The van der Waals surface area contributed by atoms with Crippen molar-refractivity contribution in [2.24, 2.45) is 0 Å². The zero-order valence-electron chi connectivity index (χ0n) is 14.1. The average molecular weight is 330 g/mol. The third-order valence-electron chi connectivity index (χ3n) is 4.30. The Labute approximate surface area is 142 Å². The fourth-order valence-corrected chi connectivity index (χ4v) is 3.06. The summed E-state index contributed by atoms with van der Waals surface area (Å²) >= 11 is 0. The van der Waals surface area contributed by atoms with E-state index in [1.807, 2.05) is 6.07 Å². The molecular weight excluding hydrogens is 304 g/mol. The number of aliphatic hydroxyl groups excluding tert-OH is 1. The van der Waals surface area contributed by atoms with E-state index in [1.54, 1.807) is 0 Å². The van der Waals surface area contributed by atoms with Crippen LogP contribution in [0.4, 0.5) is 0 Å². The van der Waals surface area contributed by atoms with Crippen LogP contribution in [-0.2, 0) is 19.6 Å². The number of hydrogen-bond acceptors (Lipinski definition) is 5. The minimum Gasteiger partial charge on any atom is -0.494 e. The highest BCUT2D eigenvalue weighted by Gasteiger charge is 2.10. The SMILES string of the molecule is OCc1n[nH]c(CCCOc2cccc(CN3CCCCC3)c2)n1. The van der Waals surface area contributed by atoms with Gasteiger partial charge < -0.3 is 9.84 Å². The van der Waals surface area contributed by atoms with E-state index in [9.17, 15) is 0 Å². The molecule has 6 nitrogen and oxygen atoms in total. The van der Waals surface area contributed by atoms with Gasteiger partial charge in [0.1, 0.15) is 18.2 Å². The highest BCUT2D eigenvalue weighted by Crippen LogP contribution is 2.17. The number of ether oxygens (including phenoxy) is 1. The first-order valence-corrected chi connectivity index (χ1v) is 8.78. The number of nitrogens with zero attached hydrogens (tertiary/aromatic N) is 3. The molecule has 1 saturated heterocycles. The van der Waals surface area contributed by atoms with E-state index in [0.29, 0.717) is 12.4 Å². The third-order valence-corrected chi connectivity index (χ3v) is 4.30. The molecule has 24 heavy (non-hydrogen) atoms. The molecule has 0 saturated carbocycles. The number of benzene rings is 1. The Morgan fingerprint density at radius 1 is 1.21 bits per heavy atom. The normalized spacial score (nSPS) is 15.5. The molecule has 0 amide bonds. The van der Waals surface area contributed by atoms with Crippen molar-refractivity contribution in [1.29, 1.82) is 0 Å². The molecule has 0 unspecified atom stereocenters. The average Bonchev–Trinajstić information content (AvgIpc) is 3.08. The number of aromatic nitrogens is 3. The van der Waals surface area contributed by atoms with E-state index < -0.39 is 0 Å². The first-order chi connectivity index (χ1) is 11.8. The summed E-state index contributed by atoms with van der Waals surface area (Å²) in [5, 5.41) is 15.7. The minimum absolute atomic E-state index is 0.128. The zero-order chi connectivity index (χ0) is 16.6. The van der Waals surface area contributed by atoms with Crippen LogP contribution >= 0.6 is 0 Å². The van der Waals surface area contributed by atoms with Gasteiger partial charge in [0.15, 0.2) is 5.82 Å². The highest BCUT2D eigenvalue weighted by molar-refractivity contribution is 5.28. The van der Waals surface area contributed by atoms with Crippen molar-refractivity contribution in [3.63, 3.8) is 0 Å². The molecule has 1 fully saturated rings. The maximum absolute atomic E-state index is 8.94. The minimum atomic E-state index is -0.128. The Bertz CT molecular complexity index is 623. The number of aliphatic hydroxyl groups is 1. The molecule has 1 aromatic heterocycles. The van der Waals surface area contributed by atoms with Gasteiger partial charge >= 0.3 is 0 Å². The standard InChI is InChI=1S/C18H26N4O2/c23-14-18-19-17(20-21-18)8-5-11-24-16-7-4-6-15(12-16)13-22-9-2-1-3-10-22/h4,6-7,12,23H,1-3,5,8-11,13-14H2,(H,19,20,21). The van der Waals surface area contributed by atoms with E-state index in [4.69, 9.17) is 9.84 Å². The van der Waals surface area contributed by atoms with Gasteiger partial charge in [-0.15, -0.1) is 0 Å². The predicted octanol–water partition coefficient (Wildman–Crippen LogP) is 2.29. The molecule has 0 bridgehead atoms. The van der Waals surface area contributed by atoms with Gasteiger partial charge in [-0.25, -0.2) is 4.98 Å². The number of aryl methyl sites for hydroxylation is 1. The molecule has 1 aromatic carbocycles. The van der Waals surface area contributed by atoms with Crippen molar-refractivity contribution >= 4 is 0 Å². The molecule has 3 rings (SSSR count). The quantitative estimate of drug-likeness (QED) is 0.727. The summed E-state index contributed by atoms with van der Waals surface area (Å²) in [6.07, 6.45) is 5.62. The van der Waals surface area contributed by atoms with Crippen molar-refractivity contribution in [3.05, 3.63) is 41.5 Å². The maximum Gasteiger partial charge on any atom is 0.176 e.